The minimum Gasteiger partial charge on any atom is -0.465 e. The number of carbonyl (C=O) groups excluding carboxylic acids is 2. The molecule has 0 aromatic heterocycles. The number of carbonyl (C=O) groups is 2. The molecule has 117 valence electrons. The van der Waals surface area contributed by atoms with E-state index < -0.39 is 11.9 Å². The first kappa shape index (κ1) is 16.4. The topological polar surface area (TPSA) is 65.1 Å². The lowest BCUT2D eigenvalue weighted by atomic mass is 9.95. The molecular formula is C13H21BNO5S. The van der Waals surface area contributed by atoms with Crippen LogP contribution < -0.4 is 0 Å². The van der Waals surface area contributed by atoms with Crippen LogP contribution in [-0.2, 0) is 23.2 Å². The van der Waals surface area contributed by atoms with E-state index in [1.54, 1.807) is 6.08 Å². The largest absolute Gasteiger partial charge is 0.465 e. The fourth-order valence-corrected chi connectivity index (χ4v) is 2.63. The van der Waals surface area contributed by atoms with E-state index >= 15 is 0 Å². The zero-order valence-electron chi connectivity index (χ0n) is 13.5. The molecule has 0 amide bonds. The smallest absolute Gasteiger partial charge is 0.345 e. The molecule has 0 aliphatic carbocycles. The van der Waals surface area contributed by atoms with Gasteiger partial charge in [-0.3, -0.25) is 4.90 Å². The molecule has 0 bridgehead atoms. The van der Waals surface area contributed by atoms with Crippen LogP contribution in [0.25, 0.3) is 0 Å². The fourth-order valence-electron chi connectivity index (χ4n) is 2.39. The van der Waals surface area contributed by atoms with Gasteiger partial charge in [-0.25, -0.2) is 9.59 Å². The Morgan fingerprint density at radius 3 is 2.62 bits per heavy atom. The zero-order valence-corrected chi connectivity index (χ0v) is 13.4. The van der Waals surface area contributed by atoms with Gasteiger partial charge in [0.05, 0.1) is 20.8 Å². The molecule has 1 saturated heterocycles. The number of nitrogens with zero attached hydrogens (tertiary/aromatic N) is 1. The summed E-state index contributed by atoms with van der Waals surface area (Å²) in [5.74, 6) is -1.39. The average Bonchev–Trinajstić information content (AvgIpc) is 2.54. The molecule has 8 heteroatoms. The molecule has 1 fully saturated rings. The Morgan fingerprint density at radius 2 is 2.05 bits per heavy atom. The van der Waals surface area contributed by atoms with Crippen LogP contribution in [0.5, 0.6) is 0 Å². The van der Waals surface area contributed by atoms with Crippen LogP contribution in [0, 0.1) is 0 Å². The molecule has 0 spiro atoms. The van der Waals surface area contributed by atoms with Gasteiger partial charge in [-0.1, -0.05) is 11.9 Å². The van der Waals surface area contributed by atoms with E-state index in [0.717, 1.165) is 38.2 Å². The number of likely N-dealkylation sites (tertiary alicyclic amines) is 1. The molecule has 2 atom stereocenters. The van der Waals surface area contributed by atoms with E-state index in [9.17, 15) is 9.59 Å². The molecule has 0 aromatic rings. The standard InChI is InChI=1S/C13H21BNO5S/c1-15-9(5-4-6-10(15)8-20-21-14)7-11(12(16)18-2)13(17)19-3/h7,9-10,14H,4-6,8H2,1-3H3/t9-,10-/m1/s1/i14T. The van der Waals surface area contributed by atoms with Gasteiger partial charge in [-0.15, -0.1) is 0 Å². The molecule has 0 unspecified atom stereocenters. The van der Waals surface area contributed by atoms with Crippen LogP contribution in [0.15, 0.2) is 11.6 Å². The van der Waals surface area contributed by atoms with E-state index in [2.05, 4.69) is 14.4 Å². The van der Waals surface area contributed by atoms with Gasteiger partial charge in [0.15, 0.2) is 0 Å². The van der Waals surface area contributed by atoms with Crippen molar-refractivity contribution < 1.29 is 23.2 Å². The summed E-state index contributed by atoms with van der Waals surface area (Å²) in [6.07, 6.45) is 4.37. The average molecular weight is 316 g/mol. The zero-order chi connectivity index (χ0) is 16.5. The van der Waals surface area contributed by atoms with E-state index in [1.807, 2.05) is 7.05 Å². The molecule has 1 radical (unpaired) electrons. The fraction of sp³-hybridized carbons (Fsp3) is 0.692. The Hall–Kier alpha value is -0.985. The van der Waals surface area contributed by atoms with Gasteiger partial charge in [-0.05, 0) is 33.7 Å². The van der Waals surface area contributed by atoms with Gasteiger partial charge in [-0.2, -0.15) is 0 Å². The maximum atomic E-state index is 11.7. The second-order valence-corrected chi connectivity index (χ2v) is 5.19. The van der Waals surface area contributed by atoms with Crippen LogP contribution in [0.2, 0.25) is 0 Å². The van der Waals surface area contributed by atoms with Crippen molar-refractivity contribution in [2.75, 3.05) is 27.9 Å². The number of hydrogen-bond acceptors (Lipinski definition) is 7. The predicted octanol–water partition coefficient (Wildman–Crippen LogP) is 0.592. The number of hydrogen-bond donors (Lipinski definition) is 0. The molecule has 1 aliphatic rings. The third kappa shape index (κ3) is 5.05. The van der Waals surface area contributed by atoms with Crippen molar-refractivity contribution in [3.63, 3.8) is 0 Å². The lowest BCUT2D eigenvalue weighted by molar-refractivity contribution is -0.144. The van der Waals surface area contributed by atoms with Gasteiger partial charge in [0.25, 0.3) is 0 Å². The van der Waals surface area contributed by atoms with Crippen LogP contribution >= 0.6 is 11.9 Å². The van der Waals surface area contributed by atoms with Crippen molar-refractivity contribution in [1.82, 2.24) is 4.90 Å². The Kier molecular flexibility index (Phi) is 7.12. The van der Waals surface area contributed by atoms with Crippen LogP contribution in [0.4, 0.5) is 0 Å². The summed E-state index contributed by atoms with van der Waals surface area (Å²) in [7, 11) is 5.52. The quantitative estimate of drug-likeness (QED) is 0.130. The highest BCUT2D eigenvalue weighted by atomic mass is 32.2. The van der Waals surface area contributed by atoms with Gasteiger partial charge < -0.3 is 13.7 Å². The van der Waals surface area contributed by atoms with Gasteiger partial charge in [0.1, 0.15) is 5.57 Å². The molecule has 6 nitrogen and oxygen atoms in total. The highest BCUT2D eigenvalue weighted by Crippen LogP contribution is 2.24. The van der Waals surface area contributed by atoms with E-state index in [-0.39, 0.29) is 17.7 Å². The van der Waals surface area contributed by atoms with E-state index in [0.29, 0.717) is 6.61 Å². The minimum absolute atomic E-state index is 0.0690. The van der Waals surface area contributed by atoms with Gasteiger partial charge >= 0.3 is 11.9 Å². The summed E-state index contributed by atoms with van der Waals surface area (Å²) >= 11 is 0.987. The van der Waals surface area contributed by atoms with Crippen molar-refractivity contribution in [2.24, 2.45) is 0 Å². The normalized spacial score (nSPS) is 22.9. The maximum absolute atomic E-state index is 11.7. The lowest BCUT2D eigenvalue weighted by Gasteiger charge is -2.38. The summed E-state index contributed by atoms with van der Waals surface area (Å²) in [4.78, 5) is 25.5. The van der Waals surface area contributed by atoms with Crippen LogP contribution in [-0.4, -0.2) is 65.2 Å². The molecular weight excluding hydrogens is 293 g/mol. The van der Waals surface area contributed by atoms with E-state index in [1.165, 1.54) is 14.2 Å². The first-order valence-corrected chi connectivity index (χ1v) is 7.44. The number of piperidine rings is 1. The molecule has 1 heterocycles. The summed E-state index contributed by atoms with van der Waals surface area (Å²) < 4.78 is 21.5. The molecule has 1 rings (SSSR count). The predicted molar refractivity (Wildman–Crippen MR) is 82.0 cm³/mol. The maximum Gasteiger partial charge on any atom is 0.345 e. The van der Waals surface area contributed by atoms with Crippen molar-refractivity contribution in [1.29, 1.82) is 1.34 Å². The Labute approximate surface area is 132 Å². The summed E-state index contributed by atoms with van der Waals surface area (Å²) in [6, 6.07) is 0.0968. The Morgan fingerprint density at radius 1 is 1.38 bits per heavy atom. The lowest BCUT2D eigenvalue weighted by Crippen LogP contribution is -2.45. The minimum atomic E-state index is -0.696. The van der Waals surface area contributed by atoms with Crippen molar-refractivity contribution in [3.05, 3.63) is 11.6 Å². The van der Waals surface area contributed by atoms with Gasteiger partial charge in [0, 0.05) is 12.1 Å². The Bertz CT molecular complexity index is 405. The first-order chi connectivity index (χ1) is 10.5. The number of likely N-dealkylation sites (N-methyl/N-ethyl adjacent to an activating group) is 1. The van der Waals surface area contributed by atoms with Crippen molar-refractivity contribution in [2.45, 2.75) is 31.3 Å². The number of ether oxygens (including phenoxy) is 2. The van der Waals surface area contributed by atoms with Gasteiger partial charge in [0.2, 0.25) is 7.09 Å². The molecule has 1 aliphatic heterocycles. The summed E-state index contributed by atoms with van der Waals surface area (Å²) in [5, 5.41) is 0. The second kappa shape index (κ2) is 9.12. The van der Waals surface area contributed by atoms with Crippen LogP contribution in [0.1, 0.15) is 19.3 Å². The highest BCUT2D eigenvalue weighted by Gasteiger charge is 2.29. The monoisotopic (exact) mass is 316 g/mol. The van der Waals surface area contributed by atoms with Crippen LogP contribution in [0.3, 0.4) is 0 Å². The molecule has 0 N–H and O–H groups in total. The van der Waals surface area contributed by atoms with Crippen molar-refractivity contribution in [3.8, 4) is 0 Å². The number of methoxy groups -OCH3 is 2. The highest BCUT2D eigenvalue weighted by molar-refractivity contribution is 8.15. The second-order valence-electron chi connectivity index (χ2n) is 4.76. The Balaban J connectivity index is 2.81. The third-order valence-corrected chi connectivity index (χ3v) is 3.91. The summed E-state index contributed by atoms with van der Waals surface area (Å²) in [6.45, 7) is 0.479. The van der Waals surface area contributed by atoms with E-state index in [4.69, 9.17) is 5.52 Å². The molecule has 21 heavy (non-hydrogen) atoms. The third-order valence-electron chi connectivity index (χ3n) is 3.63. The molecule has 0 aromatic carbocycles. The van der Waals surface area contributed by atoms with Crippen molar-refractivity contribution >= 4 is 30.9 Å². The first-order valence-electron chi connectivity index (χ1n) is 7.21. The number of esters is 2. The number of rotatable bonds is 7. The SMILES string of the molecule is [3H][B]SOC[C@H]1CCC[C@H](C=C(C(=O)OC)C(=O)OC)N1C. The molecule has 0 saturated carbocycles. The summed E-state index contributed by atoms with van der Waals surface area (Å²) in [5.41, 5.74) is -0.0858.